The molecule has 28 heavy (non-hydrogen) atoms. The van der Waals surface area contributed by atoms with E-state index in [2.05, 4.69) is 28.1 Å². The third-order valence-corrected chi connectivity index (χ3v) is 4.80. The molecule has 0 bridgehead atoms. The van der Waals surface area contributed by atoms with Gasteiger partial charge in [0.05, 0.1) is 13.7 Å². The molecule has 0 aromatic heterocycles. The van der Waals surface area contributed by atoms with Crippen molar-refractivity contribution < 1.29 is 9.53 Å². The van der Waals surface area contributed by atoms with Crippen LogP contribution in [0.15, 0.2) is 53.5 Å². The summed E-state index contributed by atoms with van der Waals surface area (Å²) in [6.07, 6.45) is 1.30. The van der Waals surface area contributed by atoms with Gasteiger partial charge in [0.15, 0.2) is 5.96 Å². The van der Waals surface area contributed by atoms with Crippen LogP contribution in [0.5, 0.6) is 5.75 Å². The topological polar surface area (TPSA) is 74.8 Å². The number of carbonyl (C=O) groups is 1. The van der Waals surface area contributed by atoms with E-state index in [-0.39, 0.29) is 11.8 Å². The number of amides is 1. The first-order chi connectivity index (χ1) is 13.7. The molecule has 3 rings (SSSR count). The van der Waals surface area contributed by atoms with Crippen LogP contribution in [-0.4, -0.2) is 38.6 Å². The molecular weight excluding hydrogens is 352 g/mol. The molecule has 2 aromatic rings. The van der Waals surface area contributed by atoms with E-state index in [1.807, 2.05) is 43.3 Å². The molecule has 1 atom stereocenters. The number of rotatable bonds is 7. The highest BCUT2D eigenvalue weighted by Crippen LogP contribution is 2.31. The van der Waals surface area contributed by atoms with Gasteiger partial charge < -0.3 is 20.7 Å². The minimum atomic E-state index is 0.0491. The van der Waals surface area contributed by atoms with E-state index < -0.39 is 0 Å². The lowest BCUT2D eigenvalue weighted by Gasteiger charge is -2.24. The number of carbonyl (C=O) groups excluding carboxylic acids is 1. The van der Waals surface area contributed by atoms with Gasteiger partial charge in [-0.25, -0.2) is 0 Å². The van der Waals surface area contributed by atoms with E-state index in [0.29, 0.717) is 13.0 Å². The molecule has 2 aromatic carbocycles. The summed E-state index contributed by atoms with van der Waals surface area (Å²) in [4.78, 5) is 16.7. The first-order valence-corrected chi connectivity index (χ1v) is 9.74. The molecule has 0 saturated heterocycles. The van der Waals surface area contributed by atoms with Crippen LogP contribution in [-0.2, 0) is 11.2 Å². The van der Waals surface area contributed by atoms with E-state index >= 15 is 0 Å². The first kappa shape index (κ1) is 19.7. The Hall–Kier alpha value is -3.02. The molecule has 6 nitrogen and oxygen atoms in total. The highest BCUT2D eigenvalue weighted by atomic mass is 16.5. The molecular formula is C22H28N4O2. The second-order valence-corrected chi connectivity index (χ2v) is 6.74. The highest BCUT2D eigenvalue weighted by Gasteiger charge is 2.24. The monoisotopic (exact) mass is 380 g/mol. The summed E-state index contributed by atoms with van der Waals surface area (Å²) in [7, 11) is 1.69. The largest absolute Gasteiger partial charge is 0.496 e. The molecule has 1 aliphatic heterocycles. The van der Waals surface area contributed by atoms with Crippen molar-refractivity contribution in [3.05, 3.63) is 59.7 Å². The van der Waals surface area contributed by atoms with Gasteiger partial charge in [-0.2, -0.15) is 0 Å². The van der Waals surface area contributed by atoms with Gasteiger partial charge in [0.25, 0.3) is 0 Å². The Kier molecular flexibility index (Phi) is 6.89. The predicted molar refractivity (Wildman–Crippen MR) is 113 cm³/mol. The van der Waals surface area contributed by atoms with Gasteiger partial charge in [-0.1, -0.05) is 36.4 Å². The summed E-state index contributed by atoms with van der Waals surface area (Å²) < 4.78 is 5.41. The molecule has 0 spiro atoms. The van der Waals surface area contributed by atoms with Gasteiger partial charge in [-0.15, -0.1) is 0 Å². The van der Waals surface area contributed by atoms with Crippen LogP contribution in [0.3, 0.4) is 0 Å². The van der Waals surface area contributed by atoms with Crippen LogP contribution < -0.4 is 20.7 Å². The normalized spacial score (nSPS) is 16.1. The maximum absolute atomic E-state index is 12.0. The molecule has 148 valence electrons. The van der Waals surface area contributed by atoms with Crippen LogP contribution in [0, 0.1) is 0 Å². The number of nitrogens with zero attached hydrogens (tertiary/aromatic N) is 1. The molecule has 1 unspecified atom stereocenters. The average Bonchev–Trinajstić information content (AvgIpc) is 2.72. The molecule has 3 N–H and O–H groups in total. The van der Waals surface area contributed by atoms with Crippen LogP contribution in [0.2, 0.25) is 0 Å². The number of guanidine groups is 1. The third-order valence-electron chi connectivity index (χ3n) is 4.80. The molecule has 0 saturated carbocycles. The lowest BCUT2D eigenvalue weighted by atomic mass is 9.91. The zero-order valence-electron chi connectivity index (χ0n) is 16.5. The molecule has 0 fully saturated rings. The van der Waals surface area contributed by atoms with Gasteiger partial charge in [0.2, 0.25) is 5.91 Å². The second-order valence-electron chi connectivity index (χ2n) is 6.74. The van der Waals surface area contributed by atoms with Gasteiger partial charge in [0, 0.05) is 31.1 Å². The summed E-state index contributed by atoms with van der Waals surface area (Å²) in [6, 6.07) is 16.0. The van der Waals surface area contributed by atoms with Gasteiger partial charge in [-0.3, -0.25) is 9.79 Å². The minimum Gasteiger partial charge on any atom is -0.496 e. The number of fused-ring (bicyclic) bond motifs is 1. The maximum atomic E-state index is 12.0. The van der Waals surface area contributed by atoms with Crippen LogP contribution in [0.4, 0.5) is 5.69 Å². The molecule has 1 heterocycles. The number of para-hydroxylation sites is 2. The van der Waals surface area contributed by atoms with Crippen LogP contribution in [0.25, 0.3) is 0 Å². The lowest BCUT2D eigenvalue weighted by Crippen LogP contribution is -2.39. The maximum Gasteiger partial charge on any atom is 0.225 e. The van der Waals surface area contributed by atoms with Gasteiger partial charge in [-0.05, 0) is 36.6 Å². The number of methoxy groups -OCH3 is 1. The Morgan fingerprint density at radius 2 is 1.96 bits per heavy atom. The van der Waals surface area contributed by atoms with E-state index in [9.17, 15) is 4.79 Å². The van der Waals surface area contributed by atoms with Crippen LogP contribution in [0.1, 0.15) is 30.4 Å². The molecule has 0 aliphatic carbocycles. The van der Waals surface area contributed by atoms with Crippen LogP contribution >= 0.6 is 0 Å². The minimum absolute atomic E-state index is 0.0491. The van der Waals surface area contributed by atoms with Crippen molar-refractivity contribution >= 4 is 17.6 Å². The SMILES string of the molecule is CCNC(=NCC1CC(=O)Nc2ccccc21)NCCc1ccccc1OC. The molecule has 0 radical (unpaired) electrons. The number of hydrogen-bond acceptors (Lipinski definition) is 3. The van der Waals surface area contributed by atoms with Crippen molar-refractivity contribution in [1.29, 1.82) is 0 Å². The Bertz CT molecular complexity index is 835. The summed E-state index contributed by atoms with van der Waals surface area (Å²) in [5, 5.41) is 9.59. The fourth-order valence-electron chi connectivity index (χ4n) is 3.43. The Labute approximate surface area is 166 Å². The Balaban J connectivity index is 1.62. The number of benzene rings is 2. The van der Waals surface area contributed by atoms with Crippen molar-refractivity contribution in [1.82, 2.24) is 10.6 Å². The first-order valence-electron chi connectivity index (χ1n) is 9.74. The predicted octanol–water partition coefficient (Wildman–Crippen LogP) is 2.92. The van der Waals surface area contributed by atoms with Crippen molar-refractivity contribution in [3.8, 4) is 5.75 Å². The number of nitrogens with one attached hydrogen (secondary N) is 3. The molecule has 6 heteroatoms. The summed E-state index contributed by atoms with van der Waals surface area (Å²) in [5.74, 6) is 1.81. The average molecular weight is 380 g/mol. The lowest BCUT2D eigenvalue weighted by molar-refractivity contribution is -0.116. The van der Waals surface area contributed by atoms with E-state index in [0.717, 1.165) is 48.0 Å². The fraction of sp³-hybridized carbons (Fsp3) is 0.364. The Morgan fingerprint density at radius 1 is 1.18 bits per heavy atom. The Morgan fingerprint density at radius 3 is 2.79 bits per heavy atom. The zero-order valence-corrected chi connectivity index (χ0v) is 16.5. The number of hydrogen-bond donors (Lipinski definition) is 3. The third kappa shape index (κ3) is 5.03. The fourth-order valence-corrected chi connectivity index (χ4v) is 3.43. The van der Waals surface area contributed by atoms with Crippen molar-refractivity contribution in [2.24, 2.45) is 4.99 Å². The molecule has 1 aliphatic rings. The quantitative estimate of drug-likeness (QED) is 0.510. The standard InChI is InChI=1S/C22H28N4O2/c1-3-23-22(24-13-12-16-8-4-7-11-20(16)28-2)25-15-17-14-21(27)26-19-10-6-5-9-18(17)19/h4-11,17H,3,12-15H2,1-2H3,(H,26,27)(H2,23,24,25). The summed E-state index contributed by atoms with van der Waals surface area (Å²) >= 11 is 0. The smallest absolute Gasteiger partial charge is 0.225 e. The molecule has 1 amide bonds. The van der Waals surface area contributed by atoms with E-state index in [4.69, 9.17) is 9.73 Å². The second kappa shape index (κ2) is 9.78. The summed E-state index contributed by atoms with van der Waals surface area (Å²) in [6.45, 7) is 4.13. The zero-order chi connectivity index (χ0) is 19.8. The number of anilines is 1. The number of ether oxygens (including phenoxy) is 1. The van der Waals surface area contributed by atoms with Crippen molar-refractivity contribution in [2.75, 3.05) is 32.1 Å². The number of aliphatic imine (C=N–C) groups is 1. The van der Waals surface area contributed by atoms with E-state index in [1.165, 1.54) is 0 Å². The van der Waals surface area contributed by atoms with Crippen molar-refractivity contribution in [2.45, 2.75) is 25.7 Å². The van der Waals surface area contributed by atoms with Gasteiger partial charge >= 0.3 is 0 Å². The highest BCUT2D eigenvalue weighted by molar-refractivity contribution is 5.94. The van der Waals surface area contributed by atoms with E-state index in [1.54, 1.807) is 7.11 Å². The van der Waals surface area contributed by atoms with Crippen molar-refractivity contribution in [3.63, 3.8) is 0 Å². The summed E-state index contributed by atoms with van der Waals surface area (Å²) in [5.41, 5.74) is 3.20. The van der Waals surface area contributed by atoms with Gasteiger partial charge in [0.1, 0.15) is 5.75 Å².